The molecule has 0 N–H and O–H groups in total. The van der Waals surface area contributed by atoms with Crippen molar-refractivity contribution in [3.63, 3.8) is 0 Å². The van der Waals surface area contributed by atoms with Gasteiger partial charge in [-0.05, 0) is 47.5 Å². The van der Waals surface area contributed by atoms with Crippen LogP contribution in [0.25, 0.3) is 0 Å². The molecule has 0 fully saturated rings. The summed E-state index contributed by atoms with van der Waals surface area (Å²) in [4.78, 5) is 11.2. The highest BCUT2D eigenvalue weighted by atomic mass is 79.9. The molecule has 0 atom stereocenters. The van der Waals surface area contributed by atoms with Crippen LogP contribution in [0.2, 0.25) is 0 Å². The van der Waals surface area contributed by atoms with Crippen LogP contribution in [0.4, 0.5) is 0 Å². The van der Waals surface area contributed by atoms with Crippen molar-refractivity contribution in [1.29, 1.82) is 0 Å². The minimum Gasteiger partial charge on any atom is -0.493 e. The van der Waals surface area contributed by atoms with Crippen molar-refractivity contribution in [3.8, 4) is 11.5 Å². The van der Waals surface area contributed by atoms with Gasteiger partial charge in [0.1, 0.15) is 6.61 Å². The van der Waals surface area contributed by atoms with Crippen LogP contribution < -0.4 is 9.47 Å². The van der Waals surface area contributed by atoms with Gasteiger partial charge in [-0.25, -0.2) is 0 Å². The van der Waals surface area contributed by atoms with Gasteiger partial charge in [-0.2, -0.15) is 0 Å². The van der Waals surface area contributed by atoms with Crippen LogP contribution in [0.15, 0.2) is 46.9 Å². The zero-order valence-electron chi connectivity index (χ0n) is 10.7. The molecule has 2 aromatic rings. The summed E-state index contributed by atoms with van der Waals surface area (Å²) in [6, 6.07) is 12.6. The topological polar surface area (TPSA) is 35.5 Å². The third-order valence-electron chi connectivity index (χ3n) is 2.67. The second-order valence-electron chi connectivity index (χ2n) is 4.06. The Labute approximate surface area is 130 Å². The van der Waals surface area contributed by atoms with Gasteiger partial charge in [0.15, 0.2) is 11.5 Å². The molecule has 2 rings (SSSR count). The average Bonchev–Trinajstić information content (AvgIpc) is 2.44. The summed E-state index contributed by atoms with van der Waals surface area (Å²) >= 11 is 8.87. The lowest BCUT2D eigenvalue weighted by atomic mass is 10.2. The van der Waals surface area contributed by atoms with Gasteiger partial charge in [0.2, 0.25) is 0 Å². The van der Waals surface area contributed by atoms with Crippen LogP contribution in [-0.2, 0) is 6.61 Å². The Morgan fingerprint density at radius 1 is 1.20 bits per heavy atom. The first-order valence-corrected chi connectivity index (χ1v) is 7.02. The molecule has 104 valence electrons. The zero-order chi connectivity index (χ0) is 14.5. The van der Waals surface area contributed by atoms with Gasteiger partial charge < -0.3 is 9.47 Å². The Hall–Kier alpha value is -1.52. The van der Waals surface area contributed by atoms with Gasteiger partial charge in [-0.15, -0.1) is 0 Å². The number of carbonyl (C=O) groups excluding carboxylic acids is 1. The van der Waals surface area contributed by atoms with Crippen molar-refractivity contribution in [2.45, 2.75) is 6.61 Å². The normalized spacial score (nSPS) is 10.2. The van der Waals surface area contributed by atoms with Crippen molar-refractivity contribution in [3.05, 3.63) is 58.1 Å². The maximum Gasteiger partial charge on any atom is 0.252 e. The Kier molecular flexibility index (Phi) is 5.04. The molecule has 20 heavy (non-hydrogen) atoms. The van der Waals surface area contributed by atoms with Crippen LogP contribution >= 0.6 is 27.5 Å². The summed E-state index contributed by atoms with van der Waals surface area (Å²) in [5.74, 6) is 1.04. The lowest BCUT2D eigenvalue weighted by Crippen LogP contribution is -1.99. The number of rotatable bonds is 5. The first-order chi connectivity index (χ1) is 9.60. The quantitative estimate of drug-likeness (QED) is 0.745. The van der Waals surface area contributed by atoms with Crippen molar-refractivity contribution in [2.75, 3.05) is 7.11 Å². The number of benzene rings is 2. The number of carbonyl (C=O) groups is 1. The number of ether oxygens (including phenoxy) is 2. The highest BCUT2D eigenvalue weighted by molar-refractivity contribution is 9.10. The lowest BCUT2D eigenvalue weighted by Gasteiger charge is -2.11. The molecule has 0 aliphatic rings. The summed E-state index contributed by atoms with van der Waals surface area (Å²) in [6.07, 6.45) is 0. The minimum absolute atomic E-state index is 0.371. The first-order valence-electron chi connectivity index (χ1n) is 5.85. The van der Waals surface area contributed by atoms with E-state index in [-0.39, 0.29) is 0 Å². The van der Waals surface area contributed by atoms with Gasteiger partial charge in [-0.3, -0.25) is 4.79 Å². The van der Waals surface area contributed by atoms with Gasteiger partial charge in [0, 0.05) is 10.0 Å². The number of hydrogen-bond donors (Lipinski definition) is 0. The molecule has 0 bridgehead atoms. The van der Waals surface area contributed by atoms with E-state index in [9.17, 15) is 4.79 Å². The second-order valence-corrected chi connectivity index (χ2v) is 5.32. The first kappa shape index (κ1) is 14.9. The Balaban J connectivity index is 2.19. The van der Waals surface area contributed by atoms with E-state index in [2.05, 4.69) is 15.9 Å². The Morgan fingerprint density at radius 3 is 2.65 bits per heavy atom. The summed E-state index contributed by atoms with van der Waals surface area (Å²) in [6.45, 7) is 0.371. The van der Waals surface area contributed by atoms with Crippen molar-refractivity contribution in [1.82, 2.24) is 0 Å². The molecule has 0 spiro atoms. The van der Waals surface area contributed by atoms with Crippen LogP contribution in [0.5, 0.6) is 11.5 Å². The smallest absolute Gasteiger partial charge is 0.252 e. The predicted molar refractivity (Wildman–Crippen MR) is 81.7 cm³/mol. The van der Waals surface area contributed by atoms with E-state index in [0.717, 1.165) is 10.0 Å². The molecule has 0 saturated heterocycles. The molecule has 3 nitrogen and oxygen atoms in total. The Bertz CT molecular complexity index is 628. The van der Waals surface area contributed by atoms with E-state index in [1.807, 2.05) is 24.3 Å². The molecule has 0 aromatic heterocycles. The van der Waals surface area contributed by atoms with Gasteiger partial charge >= 0.3 is 0 Å². The fourth-order valence-corrected chi connectivity index (χ4v) is 2.26. The van der Waals surface area contributed by atoms with Gasteiger partial charge in [0.25, 0.3) is 5.24 Å². The van der Waals surface area contributed by atoms with E-state index in [1.165, 1.54) is 0 Å². The van der Waals surface area contributed by atoms with Gasteiger partial charge in [0.05, 0.1) is 7.11 Å². The molecule has 0 radical (unpaired) electrons. The van der Waals surface area contributed by atoms with Crippen molar-refractivity contribution in [2.24, 2.45) is 0 Å². The number of methoxy groups -OCH3 is 1. The standard InChI is InChI=1S/C15H12BrClO3/c1-19-13-6-5-11(15(17)18)8-14(13)20-9-10-3-2-4-12(16)7-10/h2-8H,9H2,1H3. The second kappa shape index (κ2) is 6.77. The van der Waals surface area contributed by atoms with Crippen LogP contribution in [0.1, 0.15) is 15.9 Å². The van der Waals surface area contributed by atoms with Crippen LogP contribution in [0.3, 0.4) is 0 Å². The van der Waals surface area contributed by atoms with Crippen molar-refractivity contribution >= 4 is 32.8 Å². The highest BCUT2D eigenvalue weighted by Crippen LogP contribution is 2.29. The molecular weight excluding hydrogens is 344 g/mol. The fourth-order valence-electron chi connectivity index (χ4n) is 1.70. The fraction of sp³-hybridized carbons (Fsp3) is 0.133. The Morgan fingerprint density at radius 2 is 2.00 bits per heavy atom. The molecule has 5 heteroatoms. The van der Waals surface area contributed by atoms with Gasteiger partial charge in [-0.1, -0.05) is 28.1 Å². The number of hydrogen-bond acceptors (Lipinski definition) is 3. The summed E-state index contributed by atoms with van der Waals surface area (Å²) < 4.78 is 11.9. The minimum atomic E-state index is -0.528. The van der Waals surface area contributed by atoms with E-state index in [4.69, 9.17) is 21.1 Å². The van der Waals surface area contributed by atoms with E-state index < -0.39 is 5.24 Å². The predicted octanol–water partition coefficient (Wildman–Crippen LogP) is 4.42. The van der Waals surface area contributed by atoms with Crippen LogP contribution in [0, 0.1) is 0 Å². The van der Waals surface area contributed by atoms with E-state index >= 15 is 0 Å². The third kappa shape index (κ3) is 3.74. The molecule has 2 aromatic carbocycles. The summed E-state index contributed by atoms with van der Waals surface area (Å²) in [5.41, 5.74) is 1.38. The SMILES string of the molecule is COc1ccc(C(=O)Cl)cc1OCc1cccc(Br)c1. The molecule has 0 heterocycles. The average molecular weight is 356 g/mol. The number of halogens is 2. The van der Waals surface area contributed by atoms with Crippen molar-refractivity contribution < 1.29 is 14.3 Å². The molecule has 0 amide bonds. The maximum atomic E-state index is 11.2. The third-order valence-corrected chi connectivity index (χ3v) is 3.39. The van der Waals surface area contributed by atoms with E-state index in [1.54, 1.807) is 25.3 Å². The van der Waals surface area contributed by atoms with E-state index in [0.29, 0.717) is 23.7 Å². The molecule has 0 aliphatic heterocycles. The molecule has 0 aliphatic carbocycles. The molecular formula is C15H12BrClO3. The summed E-state index contributed by atoms with van der Waals surface area (Å²) in [7, 11) is 1.55. The largest absolute Gasteiger partial charge is 0.493 e. The summed E-state index contributed by atoms with van der Waals surface area (Å²) in [5, 5.41) is -0.528. The van der Waals surface area contributed by atoms with Crippen LogP contribution in [-0.4, -0.2) is 12.4 Å². The maximum absolute atomic E-state index is 11.2. The monoisotopic (exact) mass is 354 g/mol. The lowest BCUT2D eigenvalue weighted by molar-refractivity contribution is 0.108. The molecule has 0 saturated carbocycles. The zero-order valence-corrected chi connectivity index (χ0v) is 13.1. The molecule has 0 unspecified atom stereocenters. The highest BCUT2D eigenvalue weighted by Gasteiger charge is 2.09.